The number of rotatable bonds is 8. The Morgan fingerprint density at radius 1 is 1.12 bits per heavy atom. The summed E-state index contributed by atoms with van der Waals surface area (Å²) in [5.74, 6) is 0.654. The molecule has 138 valence electrons. The van der Waals surface area contributed by atoms with Crippen LogP contribution in [0.2, 0.25) is 0 Å². The zero-order chi connectivity index (χ0) is 18.9. The van der Waals surface area contributed by atoms with E-state index in [-0.39, 0.29) is 12.5 Å². The van der Waals surface area contributed by atoms with Crippen molar-refractivity contribution < 1.29 is 23.8 Å². The zero-order valence-corrected chi connectivity index (χ0v) is 16.2. The summed E-state index contributed by atoms with van der Waals surface area (Å²) < 4.78 is 15.9. The fourth-order valence-corrected chi connectivity index (χ4v) is 2.80. The van der Waals surface area contributed by atoms with Gasteiger partial charge in [-0.2, -0.15) is 0 Å². The van der Waals surface area contributed by atoms with Crippen LogP contribution in [0, 0.1) is 0 Å². The van der Waals surface area contributed by atoms with Gasteiger partial charge in [-0.1, -0.05) is 12.1 Å². The van der Waals surface area contributed by atoms with Gasteiger partial charge in [-0.05, 0) is 52.2 Å². The van der Waals surface area contributed by atoms with Gasteiger partial charge < -0.3 is 19.5 Å². The van der Waals surface area contributed by atoms with Crippen LogP contribution >= 0.6 is 15.9 Å². The maximum absolute atomic E-state index is 12.2. The normalized spacial score (nSPS) is 10.1. The number of hydrogen-bond acceptors (Lipinski definition) is 5. The Morgan fingerprint density at radius 3 is 2.62 bits per heavy atom. The summed E-state index contributed by atoms with van der Waals surface area (Å²) in [5.41, 5.74) is 1.64. The smallest absolute Gasteiger partial charge is 0.343 e. The lowest BCUT2D eigenvalue weighted by Crippen LogP contribution is -2.14. The lowest BCUT2D eigenvalue weighted by molar-refractivity contribution is -0.142. The van der Waals surface area contributed by atoms with E-state index < -0.39 is 5.97 Å². The number of ether oxygens (including phenoxy) is 3. The third-order valence-electron chi connectivity index (χ3n) is 3.56. The van der Waals surface area contributed by atoms with E-state index in [2.05, 4.69) is 26.0 Å². The van der Waals surface area contributed by atoms with E-state index in [1.807, 2.05) is 18.2 Å². The standard InChI is InChI=1S/C19H20BrNO5/c1-24-17-8-6-13(10-16(17)20)7-9-18(22)21-14-4-3-5-15(11-14)26-12-19(23)25-2/h3-6,8,10-11H,7,9,12H2,1-2H3,(H,21,22). The number of carbonyl (C=O) groups excluding carboxylic acids is 2. The minimum absolute atomic E-state index is 0.109. The molecule has 26 heavy (non-hydrogen) atoms. The van der Waals surface area contributed by atoms with Crippen molar-refractivity contribution >= 4 is 33.5 Å². The Morgan fingerprint density at radius 2 is 1.92 bits per heavy atom. The Labute approximate surface area is 160 Å². The molecule has 7 heteroatoms. The van der Waals surface area contributed by atoms with Gasteiger partial charge in [0.15, 0.2) is 6.61 Å². The van der Waals surface area contributed by atoms with E-state index in [0.29, 0.717) is 24.3 Å². The van der Waals surface area contributed by atoms with Crippen molar-refractivity contribution in [2.24, 2.45) is 0 Å². The van der Waals surface area contributed by atoms with Crippen molar-refractivity contribution in [2.75, 3.05) is 26.1 Å². The average Bonchev–Trinajstić information content (AvgIpc) is 2.65. The van der Waals surface area contributed by atoms with Crippen LogP contribution in [-0.4, -0.2) is 32.7 Å². The molecule has 0 saturated carbocycles. The van der Waals surface area contributed by atoms with E-state index in [0.717, 1.165) is 15.8 Å². The monoisotopic (exact) mass is 421 g/mol. The van der Waals surface area contributed by atoms with Crippen molar-refractivity contribution in [3.63, 3.8) is 0 Å². The molecule has 2 aromatic carbocycles. The summed E-state index contributed by atoms with van der Waals surface area (Å²) in [7, 11) is 2.90. The SMILES string of the molecule is COC(=O)COc1cccc(NC(=O)CCc2ccc(OC)c(Br)c2)c1. The summed E-state index contributed by atoms with van der Waals surface area (Å²) >= 11 is 3.43. The number of aryl methyl sites for hydroxylation is 1. The first kappa shape index (κ1) is 19.8. The van der Waals surface area contributed by atoms with Gasteiger partial charge in [0.25, 0.3) is 0 Å². The second-order valence-electron chi connectivity index (χ2n) is 5.41. The van der Waals surface area contributed by atoms with Crippen LogP contribution in [0.4, 0.5) is 5.69 Å². The zero-order valence-electron chi connectivity index (χ0n) is 14.6. The Hall–Kier alpha value is -2.54. The molecule has 0 aliphatic carbocycles. The number of carbonyl (C=O) groups is 2. The molecule has 0 radical (unpaired) electrons. The molecule has 0 fully saturated rings. The number of anilines is 1. The molecule has 0 aromatic heterocycles. The molecular weight excluding hydrogens is 402 g/mol. The highest BCUT2D eigenvalue weighted by Gasteiger charge is 2.07. The number of methoxy groups -OCH3 is 2. The van der Waals surface area contributed by atoms with E-state index >= 15 is 0 Å². The molecule has 0 unspecified atom stereocenters. The first-order valence-corrected chi connectivity index (χ1v) is 8.73. The lowest BCUT2D eigenvalue weighted by Gasteiger charge is -2.09. The highest BCUT2D eigenvalue weighted by Crippen LogP contribution is 2.26. The van der Waals surface area contributed by atoms with Crippen molar-refractivity contribution in [1.82, 2.24) is 0 Å². The molecule has 0 spiro atoms. The maximum atomic E-state index is 12.2. The Balaban J connectivity index is 1.87. The number of amides is 1. The topological polar surface area (TPSA) is 73.9 Å². The molecule has 1 N–H and O–H groups in total. The van der Waals surface area contributed by atoms with Gasteiger partial charge in [-0.15, -0.1) is 0 Å². The number of hydrogen-bond donors (Lipinski definition) is 1. The summed E-state index contributed by atoms with van der Waals surface area (Å²) in [6, 6.07) is 12.6. The second-order valence-corrected chi connectivity index (χ2v) is 6.26. The van der Waals surface area contributed by atoms with Gasteiger partial charge in [0.1, 0.15) is 11.5 Å². The number of halogens is 1. The first-order chi connectivity index (χ1) is 12.5. The van der Waals surface area contributed by atoms with E-state index in [1.165, 1.54) is 7.11 Å². The van der Waals surface area contributed by atoms with Gasteiger partial charge in [-0.25, -0.2) is 4.79 Å². The van der Waals surface area contributed by atoms with Crippen LogP contribution in [0.25, 0.3) is 0 Å². The Kier molecular flexibility index (Phi) is 7.47. The summed E-state index contributed by atoms with van der Waals surface area (Å²) in [5, 5.41) is 2.82. The van der Waals surface area contributed by atoms with Crippen molar-refractivity contribution in [3.05, 3.63) is 52.5 Å². The minimum Gasteiger partial charge on any atom is -0.496 e. The number of nitrogens with one attached hydrogen (secondary N) is 1. The molecule has 2 rings (SSSR count). The lowest BCUT2D eigenvalue weighted by atomic mass is 10.1. The fraction of sp³-hybridized carbons (Fsp3) is 0.263. The van der Waals surface area contributed by atoms with Gasteiger partial charge in [0.2, 0.25) is 5.91 Å². The molecule has 0 heterocycles. The van der Waals surface area contributed by atoms with Gasteiger partial charge in [0, 0.05) is 18.2 Å². The molecule has 0 aliphatic rings. The highest BCUT2D eigenvalue weighted by molar-refractivity contribution is 9.10. The van der Waals surface area contributed by atoms with Crippen LogP contribution in [0.5, 0.6) is 11.5 Å². The molecule has 0 aliphatic heterocycles. The molecule has 2 aromatic rings. The van der Waals surface area contributed by atoms with Crippen molar-refractivity contribution in [1.29, 1.82) is 0 Å². The van der Waals surface area contributed by atoms with Crippen molar-refractivity contribution in [3.8, 4) is 11.5 Å². The quantitative estimate of drug-likeness (QED) is 0.659. The third kappa shape index (κ3) is 6.07. The van der Waals surface area contributed by atoms with Gasteiger partial charge >= 0.3 is 5.97 Å². The first-order valence-electron chi connectivity index (χ1n) is 7.93. The molecule has 0 saturated heterocycles. The minimum atomic E-state index is -0.468. The Bertz CT molecular complexity index is 778. The van der Waals surface area contributed by atoms with Crippen LogP contribution in [-0.2, 0) is 20.7 Å². The second kappa shape index (κ2) is 9.82. The maximum Gasteiger partial charge on any atom is 0.343 e. The highest BCUT2D eigenvalue weighted by atomic mass is 79.9. The molecule has 0 bridgehead atoms. The van der Waals surface area contributed by atoms with E-state index in [1.54, 1.807) is 31.4 Å². The van der Waals surface area contributed by atoms with E-state index in [9.17, 15) is 9.59 Å². The number of benzene rings is 2. The molecular formula is C19H20BrNO5. The van der Waals surface area contributed by atoms with Crippen LogP contribution in [0.3, 0.4) is 0 Å². The third-order valence-corrected chi connectivity index (χ3v) is 4.18. The van der Waals surface area contributed by atoms with Gasteiger partial charge in [0.05, 0.1) is 18.7 Å². The largest absolute Gasteiger partial charge is 0.496 e. The predicted octanol–water partition coefficient (Wildman–Crippen LogP) is 3.58. The average molecular weight is 422 g/mol. The number of esters is 1. The molecule has 6 nitrogen and oxygen atoms in total. The van der Waals surface area contributed by atoms with Crippen LogP contribution in [0.15, 0.2) is 46.9 Å². The molecule has 0 atom stereocenters. The predicted molar refractivity (Wildman–Crippen MR) is 102 cm³/mol. The summed E-state index contributed by atoms with van der Waals surface area (Å²) in [4.78, 5) is 23.3. The molecule has 1 amide bonds. The summed E-state index contributed by atoms with van der Waals surface area (Å²) in [6.45, 7) is -0.180. The van der Waals surface area contributed by atoms with Crippen LogP contribution < -0.4 is 14.8 Å². The fourth-order valence-electron chi connectivity index (χ4n) is 2.21. The summed E-state index contributed by atoms with van der Waals surface area (Å²) in [6.07, 6.45) is 0.943. The van der Waals surface area contributed by atoms with Crippen LogP contribution in [0.1, 0.15) is 12.0 Å². The van der Waals surface area contributed by atoms with E-state index in [4.69, 9.17) is 9.47 Å². The van der Waals surface area contributed by atoms with Gasteiger partial charge in [-0.3, -0.25) is 4.79 Å². The van der Waals surface area contributed by atoms with Crippen molar-refractivity contribution in [2.45, 2.75) is 12.8 Å².